The average molecular weight is 359 g/mol. The van der Waals surface area contributed by atoms with Gasteiger partial charge in [-0.2, -0.15) is 0 Å². The molecule has 1 aliphatic heterocycles. The first-order chi connectivity index (χ1) is 12.6. The molecule has 9 nitrogen and oxygen atoms in total. The third kappa shape index (κ3) is 4.22. The molecule has 9 heteroatoms. The summed E-state index contributed by atoms with van der Waals surface area (Å²) in [6, 6.07) is 3.80. The summed E-state index contributed by atoms with van der Waals surface area (Å²) in [7, 11) is 1.72. The number of carbonyl (C=O) groups excluding carboxylic acids is 1. The van der Waals surface area contributed by atoms with Gasteiger partial charge < -0.3 is 20.0 Å². The Kier molecular flexibility index (Phi) is 5.55. The number of furan rings is 1. The molecule has 1 fully saturated rings. The fourth-order valence-electron chi connectivity index (χ4n) is 2.89. The summed E-state index contributed by atoms with van der Waals surface area (Å²) in [6.07, 6.45) is 2.49. The molecule has 1 saturated heterocycles. The zero-order chi connectivity index (χ0) is 18.5. The number of aliphatic imine (C=N–C) groups is 1. The third-order valence-electron chi connectivity index (χ3n) is 4.25. The van der Waals surface area contributed by atoms with E-state index in [0.717, 1.165) is 13.0 Å². The molecular weight excluding hydrogens is 334 g/mol. The van der Waals surface area contributed by atoms with E-state index in [-0.39, 0.29) is 17.9 Å². The largest absolute Gasteiger partial charge is 0.461 e. The van der Waals surface area contributed by atoms with Crippen LogP contribution < -0.4 is 10.6 Å². The minimum absolute atomic E-state index is 0.0287. The summed E-state index contributed by atoms with van der Waals surface area (Å²) in [6.45, 7) is 5.79. The van der Waals surface area contributed by atoms with Crippen molar-refractivity contribution in [3.05, 3.63) is 24.2 Å². The maximum atomic E-state index is 12.1. The molecule has 2 aromatic heterocycles. The second-order valence-electron chi connectivity index (χ2n) is 6.58. The molecule has 0 bridgehead atoms. The van der Waals surface area contributed by atoms with Crippen molar-refractivity contribution in [3.8, 4) is 11.6 Å². The summed E-state index contributed by atoms with van der Waals surface area (Å²) in [5, 5.41) is 13.6. The maximum absolute atomic E-state index is 12.1. The first-order valence-corrected chi connectivity index (χ1v) is 8.78. The number of hydrogen-bond acceptors (Lipinski definition) is 5. The van der Waals surface area contributed by atoms with Crippen LogP contribution in [-0.2, 0) is 11.3 Å². The summed E-state index contributed by atoms with van der Waals surface area (Å²) < 4.78 is 5.28. The van der Waals surface area contributed by atoms with E-state index in [4.69, 9.17) is 4.42 Å². The Bertz CT molecular complexity index is 751. The van der Waals surface area contributed by atoms with Gasteiger partial charge in [-0.3, -0.25) is 14.9 Å². The Hall–Kier alpha value is -2.84. The van der Waals surface area contributed by atoms with Gasteiger partial charge >= 0.3 is 0 Å². The monoisotopic (exact) mass is 359 g/mol. The summed E-state index contributed by atoms with van der Waals surface area (Å²) in [4.78, 5) is 22.6. The van der Waals surface area contributed by atoms with Gasteiger partial charge in [-0.05, 0) is 18.6 Å². The zero-order valence-corrected chi connectivity index (χ0v) is 15.3. The molecule has 0 aromatic carbocycles. The van der Waals surface area contributed by atoms with Gasteiger partial charge in [-0.25, -0.2) is 4.98 Å². The first kappa shape index (κ1) is 18.0. The van der Waals surface area contributed by atoms with Crippen LogP contribution in [0.2, 0.25) is 0 Å². The molecule has 3 N–H and O–H groups in total. The Morgan fingerprint density at radius 1 is 1.54 bits per heavy atom. The number of amides is 1. The van der Waals surface area contributed by atoms with Crippen molar-refractivity contribution < 1.29 is 9.21 Å². The van der Waals surface area contributed by atoms with Crippen molar-refractivity contribution in [2.75, 3.05) is 20.1 Å². The SMILES string of the molecule is CN=C(NCc1nc(-c2ccco2)n[nH]1)NC1CCN(C(=O)C(C)C)C1. The van der Waals surface area contributed by atoms with E-state index in [2.05, 4.69) is 30.8 Å². The molecule has 0 aliphatic carbocycles. The Morgan fingerprint density at radius 2 is 2.38 bits per heavy atom. The van der Waals surface area contributed by atoms with Crippen molar-refractivity contribution in [1.82, 2.24) is 30.7 Å². The van der Waals surface area contributed by atoms with Gasteiger partial charge in [-0.15, -0.1) is 5.10 Å². The van der Waals surface area contributed by atoms with E-state index in [0.29, 0.717) is 36.5 Å². The van der Waals surface area contributed by atoms with E-state index in [1.165, 1.54) is 0 Å². The van der Waals surface area contributed by atoms with E-state index in [9.17, 15) is 4.79 Å². The van der Waals surface area contributed by atoms with E-state index in [1.54, 1.807) is 19.4 Å². The van der Waals surface area contributed by atoms with Crippen molar-refractivity contribution in [1.29, 1.82) is 0 Å². The minimum atomic E-state index is 0.0287. The number of nitrogens with one attached hydrogen (secondary N) is 3. The molecule has 1 atom stereocenters. The topological polar surface area (TPSA) is 111 Å². The molecule has 1 amide bonds. The van der Waals surface area contributed by atoms with Crippen LogP contribution in [0.5, 0.6) is 0 Å². The highest BCUT2D eigenvalue weighted by Crippen LogP contribution is 2.14. The lowest BCUT2D eigenvalue weighted by Gasteiger charge is -2.20. The molecule has 0 saturated carbocycles. The van der Waals surface area contributed by atoms with Crippen LogP contribution in [0.3, 0.4) is 0 Å². The molecule has 26 heavy (non-hydrogen) atoms. The van der Waals surface area contributed by atoms with Crippen molar-refractivity contribution in [2.45, 2.75) is 32.9 Å². The molecule has 1 aliphatic rings. The van der Waals surface area contributed by atoms with Gasteiger partial charge in [0.25, 0.3) is 0 Å². The van der Waals surface area contributed by atoms with Crippen molar-refractivity contribution in [2.24, 2.45) is 10.9 Å². The van der Waals surface area contributed by atoms with Crippen molar-refractivity contribution in [3.63, 3.8) is 0 Å². The molecular formula is C17H25N7O2. The number of aromatic nitrogens is 3. The van der Waals surface area contributed by atoms with Gasteiger partial charge in [0, 0.05) is 32.1 Å². The van der Waals surface area contributed by atoms with Crippen LogP contribution in [0.1, 0.15) is 26.1 Å². The number of carbonyl (C=O) groups is 1. The number of H-pyrrole nitrogens is 1. The van der Waals surface area contributed by atoms with E-state index >= 15 is 0 Å². The van der Waals surface area contributed by atoms with Gasteiger partial charge in [-0.1, -0.05) is 13.8 Å². The van der Waals surface area contributed by atoms with Crippen molar-refractivity contribution >= 4 is 11.9 Å². The molecule has 1 unspecified atom stereocenters. The third-order valence-corrected chi connectivity index (χ3v) is 4.25. The highest BCUT2D eigenvalue weighted by Gasteiger charge is 2.27. The summed E-state index contributed by atoms with van der Waals surface area (Å²) in [5.41, 5.74) is 0. The van der Waals surface area contributed by atoms with E-state index in [1.807, 2.05) is 24.8 Å². The van der Waals surface area contributed by atoms with Gasteiger partial charge in [0.2, 0.25) is 11.7 Å². The highest BCUT2D eigenvalue weighted by molar-refractivity contribution is 5.81. The summed E-state index contributed by atoms with van der Waals surface area (Å²) in [5.74, 6) is 2.72. The van der Waals surface area contributed by atoms with Crippen LogP contribution in [0, 0.1) is 5.92 Å². The second kappa shape index (κ2) is 8.03. The Labute approximate surface area is 152 Å². The lowest BCUT2D eigenvalue weighted by atomic mass is 10.2. The lowest BCUT2D eigenvalue weighted by molar-refractivity contribution is -0.133. The van der Waals surface area contributed by atoms with E-state index < -0.39 is 0 Å². The molecule has 2 aromatic rings. The predicted octanol–water partition coefficient (Wildman–Crippen LogP) is 0.987. The van der Waals surface area contributed by atoms with Crippen LogP contribution in [0.25, 0.3) is 11.6 Å². The first-order valence-electron chi connectivity index (χ1n) is 8.78. The predicted molar refractivity (Wildman–Crippen MR) is 97.2 cm³/mol. The number of rotatable bonds is 5. The van der Waals surface area contributed by atoms with Crippen LogP contribution in [0.4, 0.5) is 0 Å². The maximum Gasteiger partial charge on any atom is 0.225 e. The quantitative estimate of drug-likeness (QED) is 0.542. The number of guanidine groups is 1. The number of aromatic amines is 1. The highest BCUT2D eigenvalue weighted by atomic mass is 16.3. The normalized spacial score (nSPS) is 17.8. The fraction of sp³-hybridized carbons (Fsp3) is 0.529. The zero-order valence-electron chi connectivity index (χ0n) is 15.3. The van der Waals surface area contributed by atoms with Crippen LogP contribution in [0.15, 0.2) is 27.8 Å². The van der Waals surface area contributed by atoms with Gasteiger partial charge in [0.15, 0.2) is 11.7 Å². The average Bonchev–Trinajstić information content (AvgIpc) is 3.38. The Balaban J connectivity index is 1.49. The Morgan fingerprint density at radius 3 is 3.08 bits per heavy atom. The fourth-order valence-corrected chi connectivity index (χ4v) is 2.89. The molecule has 0 radical (unpaired) electrons. The molecule has 3 heterocycles. The number of nitrogens with zero attached hydrogens (tertiary/aromatic N) is 4. The summed E-state index contributed by atoms with van der Waals surface area (Å²) >= 11 is 0. The second-order valence-corrected chi connectivity index (χ2v) is 6.58. The standard InChI is InChI=1S/C17H25N7O2/c1-11(2)16(25)24-7-6-12(10-24)20-17(18-3)19-9-14-21-15(23-22-14)13-5-4-8-26-13/h4-5,8,11-12H,6-7,9-10H2,1-3H3,(H2,18,19,20)(H,21,22,23). The number of likely N-dealkylation sites (tertiary alicyclic amines) is 1. The van der Waals surface area contributed by atoms with Crippen LogP contribution >= 0.6 is 0 Å². The molecule has 140 valence electrons. The van der Waals surface area contributed by atoms with Crippen LogP contribution in [-0.4, -0.2) is 58.1 Å². The van der Waals surface area contributed by atoms with Gasteiger partial charge in [0.05, 0.1) is 12.8 Å². The smallest absolute Gasteiger partial charge is 0.225 e. The number of hydrogen-bond donors (Lipinski definition) is 3. The van der Waals surface area contributed by atoms with Gasteiger partial charge in [0.1, 0.15) is 5.82 Å². The molecule has 3 rings (SSSR count). The molecule has 0 spiro atoms. The lowest BCUT2D eigenvalue weighted by Crippen LogP contribution is -2.45. The minimum Gasteiger partial charge on any atom is -0.461 e.